The first-order chi connectivity index (χ1) is 15.3. The molecule has 4 rings (SSSR count). The van der Waals surface area contributed by atoms with Gasteiger partial charge in [0.25, 0.3) is 8.32 Å². The minimum atomic E-state index is -2.75. The van der Waals surface area contributed by atoms with Gasteiger partial charge in [-0.2, -0.15) is 0 Å². The summed E-state index contributed by atoms with van der Waals surface area (Å²) in [7, 11) is -2.75. The molecular formula is C26H33IN2O2Si. The molecule has 0 aromatic heterocycles. The zero-order valence-corrected chi connectivity index (χ0v) is 22.4. The summed E-state index contributed by atoms with van der Waals surface area (Å²) in [6, 6.07) is 21.4. The SMILES string of the molecule is [C-]#[N+]C1(N2CCC(I)CC2)COCC1O[Si](c1ccccc1)(c1ccccc1)C(C)(C)C. The van der Waals surface area contributed by atoms with Crippen molar-refractivity contribution < 1.29 is 9.16 Å². The van der Waals surface area contributed by atoms with Gasteiger partial charge in [-0.3, -0.25) is 4.85 Å². The standard InChI is InChI=1S/C26H33IN2O2Si/c1-25(2,3)32(22-11-7-5-8-12-22,23-13-9-6-10-14-23)31-24-19-30-20-26(24,28-4)29-17-15-21(27)16-18-29/h5-14,21,24H,15-20H2,1-3H3. The van der Waals surface area contributed by atoms with E-state index in [9.17, 15) is 0 Å². The predicted molar refractivity (Wildman–Crippen MR) is 141 cm³/mol. The molecule has 2 unspecified atom stereocenters. The van der Waals surface area contributed by atoms with E-state index in [-0.39, 0.29) is 11.1 Å². The number of benzene rings is 2. The third-order valence-corrected chi connectivity index (χ3v) is 13.3. The normalized spacial score (nSPS) is 25.5. The van der Waals surface area contributed by atoms with E-state index < -0.39 is 14.0 Å². The second-order valence-electron chi connectivity index (χ2n) is 9.94. The maximum atomic E-state index is 8.27. The summed E-state index contributed by atoms with van der Waals surface area (Å²) < 4.78 is 14.1. The summed E-state index contributed by atoms with van der Waals surface area (Å²) in [5.41, 5.74) is -0.746. The molecule has 0 aliphatic carbocycles. The number of nitrogens with zero attached hydrogens (tertiary/aromatic N) is 2. The monoisotopic (exact) mass is 560 g/mol. The Morgan fingerprint density at radius 2 is 1.56 bits per heavy atom. The summed E-state index contributed by atoms with van der Waals surface area (Å²) in [6.45, 7) is 17.9. The van der Waals surface area contributed by atoms with E-state index in [0.29, 0.717) is 17.1 Å². The zero-order chi connectivity index (χ0) is 22.8. The number of piperidine rings is 1. The second-order valence-corrected chi connectivity index (χ2v) is 16.0. The first-order valence-electron chi connectivity index (χ1n) is 11.5. The predicted octanol–water partition coefficient (Wildman–Crippen LogP) is 4.48. The average Bonchev–Trinajstić information content (AvgIpc) is 3.21. The summed E-state index contributed by atoms with van der Waals surface area (Å²) in [4.78, 5) is 6.60. The molecule has 2 aromatic rings. The van der Waals surface area contributed by atoms with Gasteiger partial charge >= 0.3 is 5.66 Å². The maximum absolute atomic E-state index is 8.27. The van der Waals surface area contributed by atoms with Crippen LogP contribution in [-0.2, 0) is 9.16 Å². The summed E-state index contributed by atoms with van der Waals surface area (Å²) in [6.07, 6.45) is 1.95. The van der Waals surface area contributed by atoms with Crippen molar-refractivity contribution in [2.24, 2.45) is 0 Å². The minimum absolute atomic E-state index is 0.124. The molecule has 170 valence electrons. The second kappa shape index (κ2) is 9.55. The fourth-order valence-electron chi connectivity index (χ4n) is 5.28. The lowest BCUT2D eigenvalue weighted by Gasteiger charge is -2.46. The smallest absolute Gasteiger partial charge is 0.338 e. The quantitative estimate of drug-likeness (QED) is 0.234. The Morgan fingerprint density at radius 3 is 2.03 bits per heavy atom. The fraction of sp³-hybridized carbons (Fsp3) is 0.500. The van der Waals surface area contributed by atoms with Crippen molar-refractivity contribution in [2.75, 3.05) is 26.3 Å². The van der Waals surface area contributed by atoms with Gasteiger partial charge < -0.3 is 9.16 Å². The molecule has 2 heterocycles. The van der Waals surface area contributed by atoms with Crippen LogP contribution in [0.4, 0.5) is 0 Å². The number of likely N-dealkylation sites (tertiary alicyclic amines) is 1. The van der Waals surface area contributed by atoms with Crippen LogP contribution in [0.15, 0.2) is 60.7 Å². The number of hydrogen-bond acceptors (Lipinski definition) is 3. The van der Waals surface area contributed by atoms with Crippen LogP contribution in [0.2, 0.25) is 5.04 Å². The first kappa shape index (κ1) is 23.9. The lowest BCUT2D eigenvalue weighted by Crippen LogP contribution is -2.70. The lowest BCUT2D eigenvalue weighted by atomic mass is 10.0. The number of hydrogen-bond donors (Lipinski definition) is 0. The molecule has 2 aliphatic rings. The molecule has 2 fully saturated rings. The summed E-state index contributed by atoms with van der Waals surface area (Å²) >= 11 is 2.54. The molecule has 2 aromatic carbocycles. The Bertz CT molecular complexity index is 896. The Balaban J connectivity index is 1.81. The van der Waals surface area contributed by atoms with Gasteiger partial charge in [0.05, 0.1) is 6.61 Å². The van der Waals surface area contributed by atoms with Crippen molar-refractivity contribution in [3.05, 3.63) is 72.1 Å². The molecule has 2 saturated heterocycles. The zero-order valence-electron chi connectivity index (χ0n) is 19.3. The van der Waals surface area contributed by atoms with E-state index in [1.807, 2.05) is 0 Å². The van der Waals surface area contributed by atoms with Crippen LogP contribution in [0.5, 0.6) is 0 Å². The fourth-order valence-corrected chi connectivity index (χ4v) is 10.5. The molecule has 0 amide bonds. The molecular weight excluding hydrogens is 527 g/mol. The van der Waals surface area contributed by atoms with E-state index in [0.717, 1.165) is 25.9 Å². The van der Waals surface area contributed by atoms with Gasteiger partial charge in [-0.1, -0.05) is 104 Å². The molecule has 0 N–H and O–H groups in total. The van der Waals surface area contributed by atoms with Crippen molar-refractivity contribution in [3.63, 3.8) is 0 Å². The molecule has 4 nitrogen and oxygen atoms in total. The third-order valence-electron chi connectivity index (χ3n) is 7.00. The number of ether oxygens (including phenoxy) is 1. The van der Waals surface area contributed by atoms with Crippen molar-refractivity contribution in [3.8, 4) is 0 Å². The van der Waals surface area contributed by atoms with E-state index >= 15 is 0 Å². The number of halogens is 1. The van der Waals surface area contributed by atoms with Crippen LogP contribution in [-0.4, -0.2) is 55.2 Å². The van der Waals surface area contributed by atoms with E-state index in [4.69, 9.17) is 15.7 Å². The Hall–Kier alpha value is -1.24. The molecule has 2 aliphatic heterocycles. The summed E-state index contributed by atoms with van der Waals surface area (Å²) in [5.74, 6) is 0. The molecule has 2 atom stereocenters. The van der Waals surface area contributed by atoms with Crippen LogP contribution >= 0.6 is 22.6 Å². The maximum Gasteiger partial charge on any atom is 0.338 e. The first-order valence-corrected chi connectivity index (χ1v) is 14.6. The van der Waals surface area contributed by atoms with Crippen LogP contribution in [0, 0.1) is 6.57 Å². The van der Waals surface area contributed by atoms with Crippen LogP contribution < -0.4 is 10.4 Å². The Kier molecular flexibility index (Phi) is 7.13. The highest BCUT2D eigenvalue weighted by molar-refractivity contribution is 14.1. The molecule has 32 heavy (non-hydrogen) atoms. The molecule has 0 radical (unpaired) electrons. The highest BCUT2D eigenvalue weighted by Crippen LogP contribution is 2.42. The van der Waals surface area contributed by atoms with Crippen molar-refractivity contribution in [1.29, 1.82) is 0 Å². The van der Waals surface area contributed by atoms with E-state index in [2.05, 4.69) is 114 Å². The number of rotatable bonds is 5. The third kappa shape index (κ3) is 4.19. The van der Waals surface area contributed by atoms with Crippen molar-refractivity contribution in [1.82, 2.24) is 4.90 Å². The van der Waals surface area contributed by atoms with Crippen LogP contribution in [0.25, 0.3) is 4.85 Å². The number of alkyl halides is 1. The van der Waals surface area contributed by atoms with Gasteiger partial charge in [-0.25, -0.2) is 11.5 Å². The lowest BCUT2D eigenvalue weighted by molar-refractivity contribution is 0.0286. The van der Waals surface area contributed by atoms with Gasteiger partial charge in [0, 0.05) is 17.0 Å². The van der Waals surface area contributed by atoms with Gasteiger partial charge in [0.1, 0.15) is 6.61 Å². The van der Waals surface area contributed by atoms with Gasteiger partial charge in [0.2, 0.25) is 0 Å². The van der Waals surface area contributed by atoms with Crippen LogP contribution in [0.3, 0.4) is 0 Å². The van der Waals surface area contributed by atoms with Gasteiger partial charge in [-0.15, -0.1) is 0 Å². The Labute approximate surface area is 207 Å². The van der Waals surface area contributed by atoms with E-state index in [1.54, 1.807) is 0 Å². The Morgan fingerprint density at radius 1 is 1.03 bits per heavy atom. The topological polar surface area (TPSA) is 26.1 Å². The molecule has 0 saturated carbocycles. The molecule has 6 heteroatoms. The summed E-state index contributed by atoms with van der Waals surface area (Å²) in [5, 5.41) is 2.37. The largest absolute Gasteiger partial charge is 0.393 e. The van der Waals surface area contributed by atoms with Crippen molar-refractivity contribution >= 4 is 41.3 Å². The molecule has 0 spiro atoms. The highest BCUT2D eigenvalue weighted by Gasteiger charge is 2.62. The van der Waals surface area contributed by atoms with Crippen LogP contribution in [0.1, 0.15) is 33.6 Å². The van der Waals surface area contributed by atoms with Crippen molar-refractivity contribution in [2.45, 2.75) is 54.3 Å². The average molecular weight is 561 g/mol. The van der Waals surface area contributed by atoms with Gasteiger partial charge in [0.15, 0.2) is 6.10 Å². The van der Waals surface area contributed by atoms with E-state index in [1.165, 1.54) is 10.4 Å². The van der Waals surface area contributed by atoms with Gasteiger partial charge in [-0.05, 0) is 28.3 Å². The molecule has 0 bridgehead atoms. The minimum Gasteiger partial charge on any atom is -0.393 e. The highest BCUT2D eigenvalue weighted by atomic mass is 127.